The van der Waals surface area contributed by atoms with Gasteiger partial charge < -0.3 is 5.32 Å². The van der Waals surface area contributed by atoms with Gasteiger partial charge in [0.15, 0.2) is 0 Å². The van der Waals surface area contributed by atoms with Crippen LogP contribution in [0.2, 0.25) is 0 Å². The van der Waals surface area contributed by atoms with Crippen LogP contribution in [0.5, 0.6) is 0 Å². The molecule has 2 aromatic rings. The van der Waals surface area contributed by atoms with Crippen LogP contribution in [0.4, 0.5) is 10.1 Å². The second kappa shape index (κ2) is 7.55. The van der Waals surface area contributed by atoms with E-state index in [0.717, 1.165) is 25.7 Å². The maximum absolute atomic E-state index is 13.4. The van der Waals surface area contributed by atoms with E-state index in [0.29, 0.717) is 11.3 Å². The first-order valence-corrected chi connectivity index (χ1v) is 10.0. The number of nitrogens with one attached hydrogen (secondary N) is 2. The van der Waals surface area contributed by atoms with Gasteiger partial charge in [0, 0.05) is 17.3 Å². The Morgan fingerprint density at radius 1 is 1.12 bits per heavy atom. The maximum Gasteiger partial charge on any atom is 0.255 e. The minimum absolute atomic E-state index is 0.0487. The SMILES string of the molecule is Cc1ccc(F)cc1NC(=O)c1cccc(S(=O)(=O)NC2CCCC2)c1. The molecule has 0 radical (unpaired) electrons. The van der Waals surface area contributed by atoms with Gasteiger partial charge in [-0.05, 0) is 55.7 Å². The van der Waals surface area contributed by atoms with Gasteiger partial charge in [-0.2, -0.15) is 0 Å². The summed E-state index contributed by atoms with van der Waals surface area (Å²) in [5.74, 6) is -0.945. The van der Waals surface area contributed by atoms with Crippen molar-refractivity contribution in [3.8, 4) is 0 Å². The predicted octanol–water partition coefficient (Wildman–Crippen LogP) is 3.61. The van der Waals surface area contributed by atoms with E-state index in [2.05, 4.69) is 10.0 Å². The molecule has 0 saturated heterocycles. The molecule has 0 aliphatic heterocycles. The van der Waals surface area contributed by atoms with Crippen molar-refractivity contribution in [3.05, 3.63) is 59.4 Å². The molecule has 3 rings (SSSR count). The van der Waals surface area contributed by atoms with Crippen molar-refractivity contribution in [2.24, 2.45) is 0 Å². The van der Waals surface area contributed by atoms with E-state index in [1.165, 1.54) is 36.4 Å². The molecule has 1 aliphatic carbocycles. The molecule has 26 heavy (non-hydrogen) atoms. The topological polar surface area (TPSA) is 75.3 Å². The Hall–Kier alpha value is -2.25. The zero-order chi connectivity index (χ0) is 18.7. The molecule has 2 N–H and O–H groups in total. The minimum Gasteiger partial charge on any atom is -0.322 e. The fourth-order valence-electron chi connectivity index (χ4n) is 3.06. The van der Waals surface area contributed by atoms with Gasteiger partial charge in [-0.1, -0.05) is 25.0 Å². The second-order valence-corrected chi connectivity index (χ2v) is 8.26. The number of carbonyl (C=O) groups excluding carboxylic acids is 1. The van der Waals surface area contributed by atoms with Crippen LogP contribution in [-0.2, 0) is 10.0 Å². The molecule has 1 saturated carbocycles. The molecule has 138 valence electrons. The van der Waals surface area contributed by atoms with Gasteiger partial charge >= 0.3 is 0 Å². The number of sulfonamides is 1. The summed E-state index contributed by atoms with van der Waals surface area (Å²) >= 11 is 0. The summed E-state index contributed by atoms with van der Waals surface area (Å²) < 4.78 is 41.1. The summed E-state index contributed by atoms with van der Waals surface area (Å²) in [6, 6.07) is 9.91. The Kier molecular flexibility index (Phi) is 5.38. The van der Waals surface area contributed by atoms with Crippen molar-refractivity contribution in [3.63, 3.8) is 0 Å². The number of amides is 1. The Bertz CT molecular complexity index is 922. The van der Waals surface area contributed by atoms with Gasteiger partial charge in [-0.25, -0.2) is 17.5 Å². The van der Waals surface area contributed by atoms with Gasteiger partial charge in [0.25, 0.3) is 5.91 Å². The van der Waals surface area contributed by atoms with E-state index in [1.54, 1.807) is 13.0 Å². The highest BCUT2D eigenvalue weighted by atomic mass is 32.2. The average molecular weight is 376 g/mol. The van der Waals surface area contributed by atoms with E-state index in [9.17, 15) is 17.6 Å². The van der Waals surface area contributed by atoms with Crippen LogP contribution in [0.25, 0.3) is 0 Å². The van der Waals surface area contributed by atoms with Crippen LogP contribution in [0, 0.1) is 12.7 Å². The molecule has 0 heterocycles. The minimum atomic E-state index is -3.68. The van der Waals surface area contributed by atoms with Crippen molar-refractivity contribution < 1.29 is 17.6 Å². The molecule has 0 atom stereocenters. The third-order valence-corrected chi connectivity index (χ3v) is 6.05. The molecule has 0 aromatic heterocycles. The number of hydrogen-bond donors (Lipinski definition) is 2. The summed E-state index contributed by atoms with van der Waals surface area (Å²) in [6.07, 6.45) is 3.70. The summed E-state index contributed by atoms with van der Waals surface area (Å²) in [7, 11) is -3.68. The number of benzene rings is 2. The molecular weight excluding hydrogens is 355 g/mol. The quantitative estimate of drug-likeness (QED) is 0.837. The number of aryl methyl sites for hydroxylation is 1. The predicted molar refractivity (Wildman–Crippen MR) is 98.1 cm³/mol. The molecule has 0 spiro atoms. The van der Waals surface area contributed by atoms with E-state index in [-0.39, 0.29) is 16.5 Å². The molecular formula is C19H21FN2O3S. The number of rotatable bonds is 5. The lowest BCUT2D eigenvalue weighted by Gasteiger charge is -2.13. The first kappa shape index (κ1) is 18.5. The van der Waals surface area contributed by atoms with Gasteiger partial charge in [-0.3, -0.25) is 4.79 Å². The molecule has 7 heteroatoms. The second-order valence-electron chi connectivity index (χ2n) is 6.54. The number of carbonyl (C=O) groups is 1. The monoisotopic (exact) mass is 376 g/mol. The Morgan fingerprint density at radius 3 is 2.58 bits per heavy atom. The summed E-state index contributed by atoms with van der Waals surface area (Å²) in [4.78, 5) is 12.5. The largest absolute Gasteiger partial charge is 0.322 e. The Morgan fingerprint density at radius 2 is 1.85 bits per heavy atom. The summed E-state index contributed by atoms with van der Waals surface area (Å²) in [6.45, 7) is 1.75. The highest BCUT2D eigenvalue weighted by Crippen LogP contribution is 2.22. The number of hydrogen-bond acceptors (Lipinski definition) is 3. The van der Waals surface area contributed by atoms with E-state index in [4.69, 9.17) is 0 Å². The third kappa shape index (κ3) is 4.28. The lowest BCUT2D eigenvalue weighted by atomic mass is 10.1. The molecule has 2 aromatic carbocycles. The number of halogens is 1. The van der Waals surface area contributed by atoms with Crippen molar-refractivity contribution in [1.82, 2.24) is 4.72 Å². The van der Waals surface area contributed by atoms with Crippen LogP contribution < -0.4 is 10.0 Å². The molecule has 1 fully saturated rings. The fraction of sp³-hybridized carbons (Fsp3) is 0.316. The first-order chi connectivity index (χ1) is 12.3. The Balaban J connectivity index is 1.79. The normalized spacial score (nSPS) is 15.2. The zero-order valence-corrected chi connectivity index (χ0v) is 15.3. The van der Waals surface area contributed by atoms with Gasteiger partial charge in [0.1, 0.15) is 5.82 Å². The summed E-state index contributed by atoms with van der Waals surface area (Å²) in [5, 5.41) is 2.62. The van der Waals surface area contributed by atoms with E-state index < -0.39 is 21.7 Å². The zero-order valence-electron chi connectivity index (χ0n) is 14.5. The lowest BCUT2D eigenvalue weighted by Crippen LogP contribution is -2.32. The standard InChI is InChI=1S/C19H21FN2O3S/c1-13-9-10-15(20)12-18(13)21-19(23)14-5-4-8-17(11-14)26(24,25)22-16-6-2-3-7-16/h4-5,8-12,16,22H,2-3,6-7H2,1H3,(H,21,23). The van der Waals surface area contributed by atoms with Gasteiger partial charge in [0.2, 0.25) is 10.0 Å². The molecule has 0 unspecified atom stereocenters. The highest BCUT2D eigenvalue weighted by Gasteiger charge is 2.23. The van der Waals surface area contributed by atoms with Crippen molar-refractivity contribution in [2.45, 2.75) is 43.5 Å². The lowest BCUT2D eigenvalue weighted by molar-refractivity contribution is 0.102. The van der Waals surface area contributed by atoms with Crippen LogP contribution in [0.1, 0.15) is 41.6 Å². The van der Waals surface area contributed by atoms with E-state index >= 15 is 0 Å². The Labute approximate surface area is 152 Å². The van der Waals surface area contributed by atoms with E-state index in [1.807, 2.05) is 0 Å². The molecule has 1 amide bonds. The molecule has 1 aliphatic rings. The molecule has 5 nitrogen and oxygen atoms in total. The third-order valence-electron chi connectivity index (χ3n) is 4.53. The first-order valence-electron chi connectivity index (χ1n) is 8.55. The van der Waals surface area contributed by atoms with Gasteiger partial charge in [0.05, 0.1) is 4.90 Å². The van der Waals surface area contributed by atoms with Crippen LogP contribution in [-0.4, -0.2) is 20.4 Å². The summed E-state index contributed by atoms with van der Waals surface area (Å²) in [5.41, 5.74) is 1.27. The van der Waals surface area contributed by atoms with Crippen molar-refractivity contribution in [1.29, 1.82) is 0 Å². The fourth-order valence-corrected chi connectivity index (χ4v) is 4.41. The van der Waals surface area contributed by atoms with Crippen LogP contribution in [0.15, 0.2) is 47.4 Å². The number of anilines is 1. The van der Waals surface area contributed by atoms with Crippen LogP contribution in [0.3, 0.4) is 0 Å². The average Bonchev–Trinajstić information content (AvgIpc) is 3.10. The van der Waals surface area contributed by atoms with Crippen molar-refractivity contribution >= 4 is 21.6 Å². The van der Waals surface area contributed by atoms with Crippen molar-refractivity contribution in [2.75, 3.05) is 5.32 Å². The maximum atomic E-state index is 13.4. The molecule has 0 bridgehead atoms. The van der Waals surface area contributed by atoms with Crippen LogP contribution >= 0.6 is 0 Å². The smallest absolute Gasteiger partial charge is 0.255 e. The van der Waals surface area contributed by atoms with Gasteiger partial charge in [-0.15, -0.1) is 0 Å². The highest BCUT2D eigenvalue weighted by molar-refractivity contribution is 7.89.